The quantitative estimate of drug-likeness (QED) is 0.422. The second-order valence-electron chi connectivity index (χ2n) is 3.19. The molecule has 0 spiro atoms. The molecular formula is C8H16N4O4. The number of amides is 3. The maximum atomic E-state index is 11.6. The molecule has 8 heteroatoms. The molecule has 0 aliphatic carbocycles. The molecule has 0 fully saturated rings. The molecule has 0 aromatic heterocycles. The highest BCUT2D eigenvalue weighted by atomic mass is 16.5. The lowest BCUT2D eigenvalue weighted by molar-refractivity contribution is -0.139. The average molecular weight is 232 g/mol. The van der Waals surface area contributed by atoms with E-state index >= 15 is 0 Å². The number of carbonyl (C=O) groups excluding carboxylic acids is 3. The van der Waals surface area contributed by atoms with Crippen LogP contribution in [-0.2, 0) is 19.1 Å². The zero-order chi connectivity index (χ0) is 12.7. The summed E-state index contributed by atoms with van der Waals surface area (Å²) in [4.78, 5) is 33.9. The van der Waals surface area contributed by atoms with E-state index in [-0.39, 0.29) is 6.61 Å². The highest BCUT2D eigenvalue weighted by Crippen LogP contribution is 1.94. The molecule has 0 aliphatic rings. The zero-order valence-corrected chi connectivity index (χ0v) is 9.01. The van der Waals surface area contributed by atoms with Crippen LogP contribution in [0.2, 0.25) is 0 Å². The molecule has 0 rings (SSSR count). The lowest BCUT2D eigenvalue weighted by Gasteiger charge is -2.22. The third kappa shape index (κ3) is 5.27. The predicted octanol–water partition coefficient (Wildman–Crippen LogP) is -3.24. The van der Waals surface area contributed by atoms with Crippen LogP contribution in [0.5, 0.6) is 0 Å². The summed E-state index contributed by atoms with van der Waals surface area (Å²) in [6.45, 7) is -0.828. The lowest BCUT2D eigenvalue weighted by atomic mass is 10.2. The fourth-order valence-electron chi connectivity index (χ4n) is 1.07. The molecule has 0 heterocycles. The Labute approximate surface area is 92.7 Å². The van der Waals surface area contributed by atoms with E-state index in [2.05, 4.69) is 4.74 Å². The van der Waals surface area contributed by atoms with E-state index in [0.29, 0.717) is 0 Å². The van der Waals surface area contributed by atoms with Gasteiger partial charge in [-0.1, -0.05) is 0 Å². The average Bonchev–Trinajstić information content (AvgIpc) is 2.14. The second kappa shape index (κ2) is 6.75. The third-order valence-corrected chi connectivity index (χ3v) is 1.67. The van der Waals surface area contributed by atoms with Gasteiger partial charge in [0.2, 0.25) is 17.7 Å². The Bertz CT molecular complexity index is 265. The Hall–Kier alpha value is -1.67. The summed E-state index contributed by atoms with van der Waals surface area (Å²) in [6, 6.07) is -0.955. The summed E-state index contributed by atoms with van der Waals surface area (Å²) in [5.74, 6) is -2.11. The number of primary amides is 2. The largest absolute Gasteiger partial charge is 0.383 e. The van der Waals surface area contributed by atoms with Gasteiger partial charge in [-0.2, -0.15) is 0 Å². The number of hydrogen-bond acceptors (Lipinski definition) is 5. The Morgan fingerprint density at radius 2 is 1.62 bits per heavy atom. The van der Waals surface area contributed by atoms with Crippen LogP contribution in [0.25, 0.3) is 0 Å². The summed E-state index contributed by atoms with van der Waals surface area (Å²) in [6.07, 6.45) is 0. The molecule has 1 atom stereocenters. The molecule has 0 aliphatic heterocycles. The minimum atomic E-state index is -0.955. The van der Waals surface area contributed by atoms with Gasteiger partial charge in [-0.25, -0.2) is 0 Å². The SMILES string of the molecule is COCC(N)C(=O)N(CC(N)=O)CC(N)=O. The van der Waals surface area contributed by atoms with Gasteiger partial charge in [0.1, 0.15) is 6.04 Å². The van der Waals surface area contributed by atoms with Gasteiger partial charge in [0, 0.05) is 7.11 Å². The fourth-order valence-corrected chi connectivity index (χ4v) is 1.07. The summed E-state index contributed by atoms with van der Waals surface area (Å²) in [5.41, 5.74) is 15.3. The van der Waals surface area contributed by atoms with Crippen LogP contribution in [0.3, 0.4) is 0 Å². The molecule has 0 bridgehead atoms. The monoisotopic (exact) mass is 232 g/mol. The Morgan fingerprint density at radius 1 is 1.19 bits per heavy atom. The van der Waals surface area contributed by atoms with Crippen LogP contribution >= 0.6 is 0 Å². The molecule has 0 aromatic rings. The van der Waals surface area contributed by atoms with Gasteiger partial charge >= 0.3 is 0 Å². The summed E-state index contributed by atoms with van der Waals surface area (Å²) in [7, 11) is 1.37. The van der Waals surface area contributed by atoms with Crippen LogP contribution in [-0.4, -0.2) is 55.5 Å². The van der Waals surface area contributed by atoms with E-state index in [1.54, 1.807) is 0 Å². The molecule has 92 valence electrons. The van der Waals surface area contributed by atoms with Crippen LogP contribution in [0.4, 0.5) is 0 Å². The van der Waals surface area contributed by atoms with Crippen molar-refractivity contribution < 1.29 is 19.1 Å². The maximum absolute atomic E-state index is 11.6. The van der Waals surface area contributed by atoms with E-state index in [1.807, 2.05) is 0 Å². The standard InChI is InChI=1S/C8H16N4O4/c1-16-4-5(9)8(15)12(2-6(10)13)3-7(11)14/h5H,2-4,9H2,1H3,(H2,10,13)(H2,11,14). The van der Waals surface area contributed by atoms with E-state index in [1.165, 1.54) is 7.11 Å². The van der Waals surface area contributed by atoms with Crippen molar-refractivity contribution in [2.45, 2.75) is 6.04 Å². The fraction of sp³-hybridized carbons (Fsp3) is 0.625. The normalized spacial score (nSPS) is 11.9. The van der Waals surface area contributed by atoms with Crippen molar-refractivity contribution in [2.24, 2.45) is 17.2 Å². The molecule has 1 unspecified atom stereocenters. The van der Waals surface area contributed by atoms with E-state index in [9.17, 15) is 14.4 Å². The van der Waals surface area contributed by atoms with Crippen molar-refractivity contribution in [3.05, 3.63) is 0 Å². The minimum Gasteiger partial charge on any atom is -0.383 e. The summed E-state index contributed by atoms with van der Waals surface area (Å²) >= 11 is 0. The molecular weight excluding hydrogens is 216 g/mol. The number of methoxy groups -OCH3 is 1. The van der Waals surface area contributed by atoms with Crippen molar-refractivity contribution in [3.8, 4) is 0 Å². The minimum absolute atomic E-state index is 0.0210. The van der Waals surface area contributed by atoms with Crippen molar-refractivity contribution in [2.75, 3.05) is 26.8 Å². The topological polar surface area (TPSA) is 142 Å². The molecule has 6 N–H and O–H groups in total. The zero-order valence-electron chi connectivity index (χ0n) is 9.01. The molecule has 0 radical (unpaired) electrons. The van der Waals surface area contributed by atoms with Crippen LogP contribution in [0.15, 0.2) is 0 Å². The number of nitrogens with two attached hydrogens (primary N) is 3. The number of hydrogen-bond donors (Lipinski definition) is 3. The molecule has 3 amide bonds. The van der Waals surface area contributed by atoms with Crippen molar-refractivity contribution >= 4 is 17.7 Å². The summed E-state index contributed by atoms with van der Waals surface area (Å²) < 4.78 is 4.68. The number of ether oxygens (including phenoxy) is 1. The van der Waals surface area contributed by atoms with Crippen LogP contribution in [0.1, 0.15) is 0 Å². The smallest absolute Gasteiger partial charge is 0.242 e. The van der Waals surface area contributed by atoms with Gasteiger partial charge in [0.25, 0.3) is 0 Å². The van der Waals surface area contributed by atoms with Gasteiger partial charge in [0.05, 0.1) is 19.7 Å². The van der Waals surface area contributed by atoms with Crippen molar-refractivity contribution in [1.82, 2.24) is 4.90 Å². The van der Waals surface area contributed by atoms with E-state index < -0.39 is 36.9 Å². The van der Waals surface area contributed by atoms with Gasteiger partial charge in [-0.05, 0) is 0 Å². The third-order valence-electron chi connectivity index (χ3n) is 1.67. The van der Waals surface area contributed by atoms with Crippen molar-refractivity contribution in [3.63, 3.8) is 0 Å². The number of rotatable bonds is 7. The molecule has 0 saturated carbocycles. The first-order valence-electron chi connectivity index (χ1n) is 4.48. The second-order valence-corrected chi connectivity index (χ2v) is 3.19. The van der Waals surface area contributed by atoms with Crippen molar-refractivity contribution in [1.29, 1.82) is 0 Å². The first-order chi connectivity index (χ1) is 7.38. The lowest BCUT2D eigenvalue weighted by Crippen LogP contribution is -2.51. The Balaban J connectivity index is 4.54. The van der Waals surface area contributed by atoms with Crippen LogP contribution < -0.4 is 17.2 Å². The van der Waals surface area contributed by atoms with E-state index in [0.717, 1.165) is 4.90 Å². The first kappa shape index (κ1) is 14.3. The Morgan fingerprint density at radius 3 is 1.94 bits per heavy atom. The van der Waals surface area contributed by atoms with E-state index in [4.69, 9.17) is 17.2 Å². The molecule has 0 aromatic carbocycles. The predicted molar refractivity (Wildman–Crippen MR) is 54.8 cm³/mol. The number of nitrogens with zero attached hydrogens (tertiary/aromatic N) is 1. The highest BCUT2D eigenvalue weighted by Gasteiger charge is 2.23. The van der Waals surface area contributed by atoms with Gasteiger partial charge in [-0.3, -0.25) is 14.4 Å². The highest BCUT2D eigenvalue weighted by molar-refractivity contribution is 5.90. The first-order valence-corrected chi connectivity index (χ1v) is 4.48. The van der Waals surface area contributed by atoms with Gasteiger partial charge < -0.3 is 26.8 Å². The number of carbonyl (C=O) groups is 3. The van der Waals surface area contributed by atoms with Gasteiger partial charge in [-0.15, -0.1) is 0 Å². The maximum Gasteiger partial charge on any atom is 0.242 e. The Kier molecular flexibility index (Phi) is 6.04. The molecule has 0 saturated heterocycles. The molecule has 8 nitrogen and oxygen atoms in total. The van der Waals surface area contributed by atoms with Gasteiger partial charge in [0.15, 0.2) is 0 Å². The van der Waals surface area contributed by atoms with Crippen LogP contribution in [0, 0.1) is 0 Å². The molecule has 16 heavy (non-hydrogen) atoms. The summed E-state index contributed by atoms with van der Waals surface area (Å²) in [5, 5.41) is 0.